The highest BCUT2D eigenvalue weighted by Gasteiger charge is 2.43. The second kappa shape index (κ2) is 7.45. The van der Waals surface area contributed by atoms with Gasteiger partial charge in [0.2, 0.25) is 0 Å². The van der Waals surface area contributed by atoms with Gasteiger partial charge in [-0.15, -0.1) is 11.3 Å². The van der Waals surface area contributed by atoms with E-state index in [-0.39, 0.29) is 24.0 Å². The molecule has 0 bridgehead atoms. The molecule has 138 valence electrons. The van der Waals surface area contributed by atoms with Crippen LogP contribution >= 0.6 is 11.3 Å². The van der Waals surface area contributed by atoms with E-state index in [2.05, 4.69) is 0 Å². The third-order valence-corrected chi connectivity index (χ3v) is 5.57. The molecule has 2 N–H and O–H groups in total. The molecule has 1 fully saturated rings. The molecule has 0 radical (unpaired) electrons. The molecule has 26 heavy (non-hydrogen) atoms. The van der Waals surface area contributed by atoms with Gasteiger partial charge in [0.25, 0.3) is 0 Å². The van der Waals surface area contributed by atoms with Crippen molar-refractivity contribution in [3.8, 4) is 5.75 Å². The lowest BCUT2D eigenvalue weighted by Crippen LogP contribution is -2.31. The zero-order chi connectivity index (χ0) is 18.7. The van der Waals surface area contributed by atoms with Crippen LogP contribution in [0.15, 0.2) is 30.3 Å². The third-order valence-electron chi connectivity index (χ3n) is 4.13. The van der Waals surface area contributed by atoms with Gasteiger partial charge in [-0.3, -0.25) is 0 Å². The fourth-order valence-electron chi connectivity index (χ4n) is 3.02. The summed E-state index contributed by atoms with van der Waals surface area (Å²) in [6.45, 7) is 1.49. The van der Waals surface area contributed by atoms with Gasteiger partial charge in [0.15, 0.2) is 11.5 Å². The monoisotopic (exact) mass is 378 g/mol. The van der Waals surface area contributed by atoms with Crippen LogP contribution in [0.3, 0.4) is 0 Å². The van der Waals surface area contributed by atoms with Crippen molar-refractivity contribution in [2.45, 2.75) is 18.9 Å². The van der Waals surface area contributed by atoms with Gasteiger partial charge in [-0.25, -0.2) is 9.59 Å². The number of carboxylic acid groups (broad SMARTS) is 2. The van der Waals surface area contributed by atoms with Gasteiger partial charge in [0, 0.05) is 16.9 Å². The lowest BCUT2D eigenvalue weighted by Gasteiger charge is -2.26. The number of thiophene rings is 1. The van der Waals surface area contributed by atoms with E-state index in [1.54, 1.807) is 6.92 Å². The van der Waals surface area contributed by atoms with E-state index in [0.29, 0.717) is 16.9 Å². The summed E-state index contributed by atoms with van der Waals surface area (Å²) in [6, 6.07) is 9.69. The average Bonchev–Trinajstić information content (AvgIpc) is 3.19. The number of benzene rings is 1. The number of aromatic carboxylic acids is 1. The Hall–Kier alpha value is -2.42. The van der Waals surface area contributed by atoms with E-state index in [0.717, 1.165) is 16.9 Å². The summed E-state index contributed by atoms with van der Waals surface area (Å²) in [5.41, 5.74) is 0.760. The number of aliphatic carboxylic acids is 1. The van der Waals surface area contributed by atoms with E-state index in [4.69, 9.17) is 19.3 Å². The minimum atomic E-state index is -1.17. The van der Waals surface area contributed by atoms with Crippen molar-refractivity contribution in [2.24, 2.45) is 0 Å². The molecule has 1 atom stereocenters. The summed E-state index contributed by atoms with van der Waals surface area (Å²) >= 11 is 1.04. The largest absolute Gasteiger partial charge is 0.480 e. The fourth-order valence-corrected chi connectivity index (χ4v) is 4.24. The molecule has 0 spiro atoms. The zero-order valence-electron chi connectivity index (χ0n) is 14.1. The smallest absolute Gasteiger partial charge is 0.349 e. The topological polar surface area (TPSA) is 102 Å². The van der Waals surface area contributed by atoms with Crippen LogP contribution in [-0.4, -0.2) is 42.2 Å². The number of rotatable bonds is 7. The summed E-state index contributed by atoms with van der Waals surface area (Å²) in [6.07, 6.45) is 0.507. The third kappa shape index (κ3) is 3.57. The molecule has 0 saturated carbocycles. The van der Waals surface area contributed by atoms with Crippen molar-refractivity contribution >= 4 is 23.3 Å². The summed E-state index contributed by atoms with van der Waals surface area (Å²) in [5, 5.41) is 18.3. The molecule has 1 unspecified atom stereocenters. The minimum absolute atomic E-state index is 0.0401. The van der Waals surface area contributed by atoms with Gasteiger partial charge in [-0.1, -0.05) is 30.3 Å². The van der Waals surface area contributed by atoms with Gasteiger partial charge in [-0.05, 0) is 12.5 Å². The van der Waals surface area contributed by atoms with Gasteiger partial charge < -0.3 is 24.4 Å². The fraction of sp³-hybridized carbons (Fsp3) is 0.333. The van der Waals surface area contributed by atoms with Crippen molar-refractivity contribution in [2.75, 3.05) is 20.0 Å². The quantitative estimate of drug-likeness (QED) is 0.763. The average molecular weight is 378 g/mol. The Kier molecular flexibility index (Phi) is 5.26. The number of carbonyl (C=O) groups is 2. The van der Waals surface area contributed by atoms with Crippen LogP contribution in [0.4, 0.5) is 0 Å². The standard InChI is InChI=1S/C18H18O7S/c1-11-14(24-8-13(19)20)15(17(21)22)26-16(11)18(9-23-10-25-18)7-12-5-3-2-4-6-12/h2-6H,7-10H2,1H3,(H,19,20)(H,21,22). The maximum Gasteiger partial charge on any atom is 0.349 e. The van der Waals surface area contributed by atoms with Gasteiger partial charge >= 0.3 is 11.9 Å². The van der Waals surface area contributed by atoms with Crippen LogP contribution in [0.25, 0.3) is 0 Å². The Morgan fingerprint density at radius 1 is 1.27 bits per heavy atom. The molecule has 1 aromatic carbocycles. The highest BCUT2D eigenvalue weighted by Crippen LogP contribution is 2.45. The first-order chi connectivity index (χ1) is 12.4. The first kappa shape index (κ1) is 18.4. The van der Waals surface area contributed by atoms with Crippen molar-refractivity contribution < 1.29 is 34.0 Å². The molecule has 0 amide bonds. The first-order valence-electron chi connectivity index (χ1n) is 7.90. The normalized spacial score (nSPS) is 19.4. The maximum absolute atomic E-state index is 11.6. The van der Waals surface area contributed by atoms with Crippen LogP contribution < -0.4 is 4.74 Å². The summed E-state index contributed by atoms with van der Waals surface area (Å²) < 4.78 is 16.6. The zero-order valence-corrected chi connectivity index (χ0v) is 14.9. The van der Waals surface area contributed by atoms with Crippen molar-refractivity contribution in [1.29, 1.82) is 0 Å². The van der Waals surface area contributed by atoms with Gasteiger partial charge in [0.1, 0.15) is 18.1 Å². The Morgan fingerprint density at radius 2 is 2.00 bits per heavy atom. The molecule has 3 rings (SSSR count). The Morgan fingerprint density at radius 3 is 2.58 bits per heavy atom. The van der Waals surface area contributed by atoms with Crippen LogP contribution in [-0.2, 0) is 26.3 Å². The molecule has 1 saturated heterocycles. The molecule has 7 nitrogen and oxygen atoms in total. The highest BCUT2D eigenvalue weighted by atomic mass is 32.1. The Labute approximate surface area is 153 Å². The van der Waals surface area contributed by atoms with Crippen molar-refractivity contribution in [1.82, 2.24) is 0 Å². The molecular formula is C18H18O7S. The second-order valence-corrected chi connectivity index (χ2v) is 6.99. The predicted molar refractivity (Wildman–Crippen MR) is 92.9 cm³/mol. The van der Waals surface area contributed by atoms with Crippen LogP contribution in [0, 0.1) is 6.92 Å². The number of hydrogen-bond acceptors (Lipinski definition) is 6. The van der Waals surface area contributed by atoms with E-state index >= 15 is 0 Å². The maximum atomic E-state index is 11.6. The van der Waals surface area contributed by atoms with Crippen LogP contribution in [0.2, 0.25) is 0 Å². The molecule has 1 aliphatic rings. The lowest BCUT2D eigenvalue weighted by atomic mass is 9.91. The van der Waals surface area contributed by atoms with Gasteiger partial charge in [-0.2, -0.15) is 0 Å². The van der Waals surface area contributed by atoms with E-state index in [1.165, 1.54) is 0 Å². The first-order valence-corrected chi connectivity index (χ1v) is 8.72. The van der Waals surface area contributed by atoms with Crippen molar-refractivity contribution in [3.05, 3.63) is 51.2 Å². The predicted octanol–water partition coefficient (Wildman–Crippen LogP) is 2.66. The Bertz CT molecular complexity index is 806. The molecule has 2 heterocycles. The van der Waals surface area contributed by atoms with E-state index < -0.39 is 24.1 Å². The summed E-state index contributed by atoms with van der Waals surface area (Å²) in [5.74, 6) is -2.27. The summed E-state index contributed by atoms with van der Waals surface area (Å²) in [4.78, 5) is 23.1. The molecule has 8 heteroatoms. The van der Waals surface area contributed by atoms with Crippen LogP contribution in [0.5, 0.6) is 5.75 Å². The molecule has 1 aromatic heterocycles. The minimum Gasteiger partial charge on any atom is -0.480 e. The number of carboxylic acids is 2. The Balaban J connectivity index is 2.03. The molecule has 1 aliphatic heterocycles. The van der Waals surface area contributed by atoms with E-state index in [9.17, 15) is 14.7 Å². The van der Waals surface area contributed by atoms with Gasteiger partial charge in [0.05, 0.1) is 6.61 Å². The molecule has 0 aliphatic carbocycles. The SMILES string of the molecule is Cc1c(C2(Cc3ccccc3)COCO2)sc(C(=O)O)c1OCC(=O)O. The molecular weight excluding hydrogens is 360 g/mol. The highest BCUT2D eigenvalue weighted by molar-refractivity contribution is 7.14. The van der Waals surface area contributed by atoms with E-state index in [1.807, 2.05) is 30.3 Å². The van der Waals surface area contributed by atoms with Crippen molar-refractivity contribution in [3.63, 3.8) is 0 Å². The molecule has 2 aromatic rings. The number of hydrogen-bond donors (Lipinski definition) is 2. The second-order valence-electron chi connectivity index (χ2n) is 5.97. The van der Waals surface area contributed by atoms with Crippen LogP contribution in [0.1, 0.15) is 25.7 Å². The lowest BCUT2D eigenvalue weighted by molar-refractivity contribution is -0.139. The summed E-state index contributed by atoms with van der Waals surface area (Å²) in [7, 11) is 0. The number of ether oxygens (including phenoxy) is 3.